The molecule has 0 amide bonds. The normalized spacial score (nSPS) is 13.2. The number of nitrogens with one attached hydrogen (secondary N) is 2. The molecule has 0 spiro atoms. The van der Waals surface area contributed by atoms with Gasteiger partial charge in [-0.25, -0.2) is 4.39 Å². The average molecular weight is 446 g/mol. The fraction of sp³-hybridized carbons (Fsp3) is 0.458. The number of hydrogen-bond donors (Lipinski definition) is 2. The van der Waals surface area contributed by atoms with Crippen LogP contribution in [0.3, 0.4) is 0 Å². The molecule has 7 nitrogen and oxygen atoms in total. The van der Waals surface area contributed by atoms with Crippen molar-refractivity contribution in [1.82, 2.24) is 10.6 Å². The number of halogens is 1. The van der Waals surface area contributed by atoms with Gasteiger partial charge in [-0.3, -0.25) is 4.99 Å². The van der Waals surface area contributed by atoms with Crippen molar-refractivity contribution >= 4 is 5.96 Å². The summed E-state index contributed by atoms with van der Waals surface area (Å²) in [7, 11) is 1.73. The van der Waals surface area contributed by atoms with E-state index in [0.717, 1.165) is 40.4 Å². The van der Waals surface area contributed by atoms with E-state index in [1.807, 2.05) is 32.0 Å². The van der Waals surface area contributed by atoms with Gasteiger partial charge in [-0.05, 0) is 62.1 Å². The van der Waals surface area contributed by atoms with Gasteiger partial charge in [0.2, 0.25) is 0 Å². The van der Waals surface area contributed by atoms with Gasteiger partial charge < -0.3 is 29.6 Å². The fourth-order valence-electron chi connectivity index (χ4n) is 3.55. The SMILES string of the molecule is CCOc1ccc(CCNC(=NC)NCCc2cc(F)cc3c2OCOC3)cc1OCC. The van der Waals surface area contributed by atoms with Crippen molar-refractivity contribution < 1.29 is 23.3 Å². The van der Waals surface area contributed by atoms with Crippen LogP contribution in [-0.2, 0) is 24.2 Å². The van der Waals surface area contributed by atoms with E-state index in [1.54, 1.807) is 7.05 Å². The standard InChI is InChI=1S/C24H32FN3O4/c1-4-30-21-7-6-17(12-22(21)31-5-2)8-10-27-24(26-3)28-11-9-18-13-20(25)14-19-15-29-16-32-23(18)19/h6-7,12-14H,4-5,8-11,15-16H2,1-3H3,(H2,26,27,28). The molecule has 1 aliphatic rings. The van der Waals surface area contributed by atoms with Gasteiger partial charge in [0.25, 0.3) is 0 Å². The summed E-state index contributed by atoms with van der Waals surface area (Å²) in [6, 6.07) is 8.99. The first-order valence-corrected chi connectivity index (χ1v) is 11.0. The second-order valence-corrected chi connectivity index (χ2v) is 7.24. The molecular weight excluding hydrogens is 413 g/mol. The lowest BCUT2D eigenvalue weighted by atomic mass is 10.1. The van der Waals surface area contributed by atoms with E-state index in [2.05, 4.69) is 15.6 Å². The lowest BCUT2D eigenvalue weighted by Crippen LogP contribution is -2.39. The largest absolute Gasteiger partial charge is 0.490 e. The Kier molecular flexibility index (Phi) is 8.98. The number of aliphatic imine (C=N–C) groups is 1. The van der Waals surface area contributed by atoms with Gasteiger partial charge in [-0.2, -0.15) is 0 Å². The quantitative estimate of drug-likeness (QED) is 0.431. The minimum absolute atomic E-state index is 0.193. The molecule has 0 aromatic heterocycles. The smallest absolute Gasteiger partial charge is 0.190 e. The zero-order valence-electron chi connectivity index (χ0n) is 19.0. The van der Waals surface area contributed by atoms with Crippen molar-refractivity contribution in [2.24, 2.45) is 4.99 Å². The molecule has 8 heteroatoms. The predicted molar refractivity (Wildman–Crippen MR) is 122 cm³/mol. The van der Waals surface area contributed by atoms with Gasteiger partial charge in [-0.1, -0.05) is 6.07 Å². The molecule has 0 atom stereocenters. The van der Waals surface area contributed by atoms with Crippen molar-refractivity contribution in [3.8, 4) is 17.2 Å². The lowest BCUT2D eigenvalue weighted by molar-refractivity contribution is -0.0172. The van der Waals surface area contributed by atoms with E-state index in [0.29, 0.717) is 45.3 Å². The molecular formula is C24H32FN3O4. The van der Waals surface area contributed by atoms with Crippen LogP contribution in [0.15, 0.2) is 35.3 Å². The summed E-state index contributed by atoms with van der Waals surface area (Å²) in [6.07, 6.45) is 1.41. The third-order valence-electron chi connectivity index (χ3n) is 4.98. The van der Waals surface area contributed by atoms with Gasteiger partial charge in [0, 0.05) is 25.7 Å². The second-order valence-electron chi connectivity index (χ2n) is 7.24. The molecule has 0 unspecified atom stereocenters. The van der Waals surface area contributed by atoms with Gasteiger partial charge in [-0.15, -0.1) is 0 Å². The molecule has 0 saturated heterocycles. The first-order chi connectivity index (χ1) is 15.6. The van der Waals surface area contributed by atoms with Crippen LogP contribution in [0.4, 0.5) is 4.39 Å². The molecule has 1 aliphatic heterocycles. The van der Waals surface area contributed by atoms with Crippen molar-refractivity contribution in [2.75, 3.05) is 40.1 Å². The molecule has 174 valence electrons. The molecule has 2 aromatic rings. The maximum absolute atomic E-state index is 13.9. The average Bonchev–Trinajstić information content (AvgIpc) is 2.79. The molecule has 3 rings (SSSR count). The van der Waals surface area contributed by atoms with Crippen LogP contribution in [0.25, 0.3) is 0 Å². The van der Waals surface area contributed by atoms with Crippen LogP contribution in [0, 0.1) is 5.82 Å². The molecule has 1 heterocycles. The van der Waals surface area contributed by atoms with Crippen molar-refractivity contribution in [2.45, 2.75) is 33.3 Å². The Labute approximate surface area is 188 Å². The minimum Gasteiger partial charge on any atom is -0.490 e. The Morgan fingerprint density at radius 1 is 1.03 bits per heavy atom. The Bertz CT molecular complexity index is 920. The summed E-state index contributed by atoms with van der Waals surface area (Å²) < 4.78 is 36.0. The molecule has 2 aromatic carbocycles. The first kappa shape index (κ1) is 23.7. The second kappa shape index (κ2) is 12.1. The predicted octanol–water partition coefficient (Wildman–Crippen LogP) is 3.44. The molecule has 0 radical (unpaired) electrons. The van der Waals surface area contributed by atoms with Crippen LogP contribution in [0.5, 0.6) is 17.2 Å². The highest BCUT2D eigenvalue weighted by Gasteiger charge is 2.16. The van der Waals surface area contributed by atoms with E-state index >= 15 is 0 Å². The molecule has 0 fully saturated rings. The Balaban J connectivity index is 1.49. The van der Waals surface area contributed by atoms with E-state index < -0.39 is 0 Å². The summed E-state index contributed by atoms with van der Waals surface area (Å²) in [4.78, 5) is 4.27. The summed E-state index contributed by atoms with van der Waals surface area (Å²) in [5.41, 5.74) is 2.71. The monoisotopic (exact) mass is 445 g/mol. The number of fused-ring (bicyclic) bond motifs is 1. The Hall–Kier alpha value is -3.00. The van der Waals surface area contributed by atoms with Crippen LogP contribution in [0.1, 0.15) is 30.5 Å². The summed E-state index contributed by atoms with van der Waals surface area (Å²) in [5, 5.41) is 6.58. The molecule has 0 bridgehead atoms. The maximum Gasteiger partial charge on any atom is 0.190 e. The van der Waals surface area contributed by atoms with Crippen LogP contribution >= 0.6 is 0 Å². The molecule has 2 N–H and O–H groups in total. The fourth-order valence-corrected chi connectivity index (χ4v) is 3.55. The number of guanidine groups is 1. The molecule has 0 saturated carbocycles. The number of ether oxygens (including phenoxy) is 4. The third kappa shape index (κ3) is 6.50. The van der Waals surface area contributed by atoms with Crippen molar-refractivity contribution in [3.63, 3.8) is 0 Å². The van der Waals surface area contributed by atoms with E-state index in [9.17, 15) is 4.39 Å². The highest BCUT2D eigenvalue weighted by molar-refractivity contribution is 5.79. The number of hydrogen-bond acceptors (Lipinski definition) is 5. The molecule has 32 heavy (non-hydrogen) atoms. The van der Waals surface area contributed by atoms with Crippen LogP contribution in [0.2, 0.25) is 0 Å². The minimum atomic E-state index is -0.280. The van der Waals surface area contributed by atoms with Gasteiger partial charge in [0.15, 0.2) is 24.3 Å². The summed E-state index contributed by atoms with van der Waals surface area (Å²) >= 11 is 0. The van der Waals surface area contributed by atoms with Gasteiger partial charge in [0.05, 0.1) is 19.8 Å². The van der Waals surface area contributed by atoms with E-state index in [4.69, 9.17) is 18.9 Å². The zero-order valence-corrected chi connectivity index (χ0v) is 19.0. The van der Waals surface area contributed by atoms with Gasteiger partial charge in [0.1, 0.15) is 11.6 Å². The van der Waals surface area contributed by atoms with Gasteiger partial charge >= 0.3 is 0 Å². The highest BCUT2D eigenvalue weighted by atomic mass is 19.1. The number of rotatable bonds is 10. The lowest BCUT2D eigenvalue weighted by Gasteiger charge is -2.21. The molecule has 0 aliphatic carbocycles. The highest BCUT2D eigenvalue weighted by Crippen LogP contribution is 2.30. The maximum atomic E-state index is 13.9. The third-order valence-corrected chi connectivity index (χ3v) is 4.98. The van der Waals surface area contributed by atoms with Crippen molar-refractivity contribution in [3.05, 3.63) is 52.8 Å². The van der Waals surface area contributed by atoms with Crippen LogP contribution in [-0.4, -0.2) is 46.1 Å². The summed E-state index contributed by atoms with van der Waals surface area (Å²) in [5.74, 6) is 2.66. The van der Waals surface area contributed by atoms with Crippen LogP contribution < -0.4 is 24.8 Å². The zero-order chi connectivity index (χ0) is 22.8. The number of benzene rings is 2. The Morgan fingerprint density at radius 3 is 2.53 bits per heavy atom. The van der Waals surface area contributed by atoms with E-state index in [1.165, 1.54) is 12.1 Å². The number of nitrogens with zero attached hydrogens (tertiary/aromatic N) is 1. The topological polar surface area (TPSA) is 73.3 Å². The first-order valence-electron chi connectivity index (χ1n) is 11.0. The Morgan fingerprint density at radius 2 is 1.78 bits per heavy atom. The van der Waals surface area contributed by atoms with Crippen molar-refractivity contribution in [1.29, 1.82) is 0 Å². The summed E-state index contributed by atoms with van der Waals surface area (Å²) in [6.45, 7) is 6.96. The van der Waals surface area contributed by atoms with E-state index in [-0.39, 0.29) is 12.6 Å².